The number of carbonyl (C=O) groups is 1. The fraction of sp³-hybridized carbons (Fsp3) is 0.583. The topological polar surface area (TPSA) is 57.6 Å². The van der Waals surface area contributed by atoms with Crippen LogP contribution in [-0.4, -0.2) is 31.5 Å². The predicted octanol–water partition coefficient (Wildman–Crippen LogP) is 2.87. The number of hydrogen-bond donors (Lipinski definition) is 1. The molecule has 0 aromatic rings. The van der Waals surface area contributed by atoms with Gasteiger partial charge in [-0.2, -0.15) is 0 Å². The lowest BCUT2D eigenvalue weighted by molar-refractivity contribution is -0.0562. The van der Waals surface area contributed by atoms with Gasteiger partial charge in [-0.1, -0.05) is 38.3 Å². The van der Waals surface area contributed by atoms with Crippen LogP contribution >= 0.6 is 0 Å². The highest BCUT2D eigenvalue weighted by Crippen LogP contribution is 2.11. The van der Waals surface area contributed by atoms with Crippen LogP contribution in [0.4, 0.5) is 4.79 Å². The Morgan fingerprint density at radius 1 is 1.47 bits per heavy atom. The summed E-state index contributed by atoms with van der Waals surface area (Å²) < 4.78 is 11.4. The Hall–Kier alpha value is -0.940. The Kier molecular flexibility index (Phi) is 8.62. The minimum Gasteiger partial charge on any atom is -0.285 e. The molecule has 1 N–H and O–H groups in total. The highest BCUT2D eigenvalue weighted by molar-refractivity contribution is 8.00. The third-order valence-corrected chi connectivity index (χ3v) is 3.46. The zero-order chi connectivity index (χ0) is 13.3. The molecule has 0 radical (unpaired) electrons. The van der Waals surface area contributed by atoms with Gasteiger partial charge in [0.25, 0.3) is 0 Å². The van der Waals surface area contributed by atoms with Crippen LogP contribution in [0.2, 0.25) is 0 Å². The van der Waals surface area contributed by atoms with Crippen LogP contribution in [0.1, 0.15) is 32.6 Å². The summed E-state index contributed by atoms with van der Waals surface area (Å²) in [6.07, 6.45) is 6.50. The van der Waals surface area contributed by atoms with Crippen LogP contribution in [-0.2, 0) is 10.8 Å². The fourth-order valence-corrected chi connectivity index (χ4v) is 2.06. The van der Waals surface area contributed by atoms with E-state index in [0.29, 0.717) is 11.5 Å². The van der Waals surface area contributed by atoms with Crippen molar-refractivity contribution in [3.63, 3.8) is 0 Å². The summed E-state index contributed by atoms with van der Waals surface area (Å²) in [5.41, 5.74) is 0. The first kappa shape index (κ1) is 16.1. The van der Waals surface area contributed by atoms with Gasteiger partial charge in [-0.3, -0.25) is 10.0 Å². The van der Waals surface area contributed by atoms with E-state index in [9.17, 15) is 14.2 Å². The molecule has 2 unspecified atom stereocenters. The Morgan fingerprint density at radius 2 is 2.12 bits per heavy atom. The zero-order valence-corrected chi connectivity index (χ0v) is 11.1. The van der Waals surface area contributed by atoms with Gasteiger partial charge in [0.05, 0.1) is 11.8 Å². The highest BCUT2D eigenvalue weighted by atomic mass is 32.2. The minimum atomic E-state index is -1.75. The first-order chi connectivity index (χ1) is 8.08. The molecule has 0 fully saturated rings. The van der Waals surface area contributed by atoms with Crippen molar-refractivity contribution < 1.29 is 14.2 Å². The first-order valence-corrected chi connectivity index (χ1v) is 7.04. The molecule has 0 heterocycles. The molecule has 4 nitrogen and oxygen atoms in total. The molecule has 0 rings (SSSR count). The number of rotatable bonds is 8. The van der Waals surface area contributed by atoms with Gasteiger partial charge in [-0.25, -0.2) is 9.27 Å². The van der Waals surface area contributed by atoms with E-state index < -0.39 is 22.1 Å². The fourth-order valence-electron chi connectivity index (χ4n) is 1.36. The Balaban J connectivity index is 4.36. The maximum absolute atomic E-state index is 11.5. The molecule has 0 aliphatic carbocycles. The van der Waals surface area contributed by atoms with Gasteiger partial charge in [0.1, 0.15) is 10.8 Å². The predicted molar refractivity (Wildman–Crippen MR) is 70.4 cm³/mol. The Labute approximate surface area is 105 Å². The molecule has 0 aliphatic rings. The third-order valence-electron chi connectivity index (χ3n) is 2.34. The molecule has 0 bridgehead atoms. The molecule has 1 amide bonds. The van der Waals surface area contributed by atoms with Crippen molar-refractivity contribution in [3.05, 3.63) is 25.3 Å². The third kappa shape index (κ3) is 5.79. The second-order valence-electron chi connectivity index (χ2n) is 3.71. The largest absolute Gasteiger partial charge is 0.336 e. The van der Waals surface area contributed by atoms with Crippen molar-refractivity contribution in [1.82, 2.24) is 5.06 Å². The van der Waals surface area contributed by atoms with Crippen LogP contribution in [0.3, 0.4) is 0 Å². The molecule has 0 saturated heterocycles. The number of nitrogens with zero attached hydrogens (tertiary/aromatic N) is 1. The number of hydroxylamine groups is 2. The van der Waals surface area contributed by atoms with Gasteiger partial charge in [0.2, 0.25) is 0 Å². The van der Waals surface area contributed by atoms with E-state index in [4.69, 9.17) is 0 Å². The van der Waals surface area contributed by atoms with Crippen molar-refractivity contribution >= 4 is 16.0 Å². The molecular formula is C12H21NO3S. The smallest absolute Gasteiger partial charge is 0.285 e. The van der Waals surface area contributed by atoms with Crippen molar-refractivity contribution in [3.8, 4) is 0 Å². The highest BCUT2D eigenvalue weighted by Gasteiger charge is 2.23. The second-order valence-corrected chi connectivity index (χ2v) is 5.08. The maximum atomic E-state index is 11.5. The average molecular weight is 259 g/mol. The quantitative estimate of drug-likeness (QED) is 0.315. The van der Waals surface area contributed by atoms with Crippen LogP contribution in [0.25, 0.3) is 0 Å². The van der Waals surface area contributed by atoms with Crippen molar-refractivity contribution in [2.45, 2.75) is 38.6 Å². The summed E-state index contributed by atoms with van der Waals surface area (Å²) >= 11 is 0. The van der Waals surface area contributed by atoms with Crippen LogP contribution < -0.4 is 0 Å². The SMILES string of the molecule is C=CCS(=O)C(=O)N(O)C(C=C)CCCCC. The molecular weight excluding hydrogens is 238 g/mol. The van der Waals surface area contributed by atoms with Crippen molar-refractivity contribution in [2.24, 2.45) is 0 Å². The van der Waals surface area contributed by atoms with E-state index in [0.717, 1.165) is 19.3 Å². The van der Waals surface area contributed by atoms with E-state index >= 15 is 0 Å². The van der Waals surface area contributed by atoms with E-state index in [1.165, 1.54) is 12.2 Å². The average Bonchev–Trinajstić information content (AvgIpc) is 2.33. The molecule has 0 spiro atoms. The summed E-state index contributed by atoms with van der Waals surface area (Å²) in [4.78, 5) is 11.5. The van der Waals surface area contributed by atoms with Gasteiger partial charge in [-0.15, -0.1) is 13.2 Å². The number of unbranched alkanes of at least 4 members (excludes halogenated alkanes) is 2. The minimum absolute atomic E-state index is 0.0503. The van der Waals surface area contributed by atoms with E-state index in [-0.39, 0.29) is 5.75 Å². The van der Waals surface area contributed by atoms with E-state index in [1.54, 1.807) is 0 Å². The lowest BCUT2D eigenvalue weighted by Gasteiger charge is -2.22. The summed E-state index contributed by atoms with van der Waals surface area (Å²) in [5.74, 6) is 0.0503. The van der Waals surface area contributed by atoms with Crippen LogP contribution in [0.15, 0.2) is 25.3 Å². The van der Waals surface area contributed by atoms with E-state index in [2.05, 4.69) is 20.1 Å². The van der Waals surface area contributed by atoms with E-state index in [1.807, 2.05) is 0 Å². The lowest BCUT2D eigenvalue weighted by Crippen LogP contribution is -2.38. The van der Waals surface area contributed by atoms with Gasteiger partial charge in [0.15, 0.2) is 0 Å². The van der Waals surface area contributed by atoms with Gasteiger partial charge < -0.3 is 0 Å². The van der Waals surface area contributed by atoms with Crippen LogP contribution in [0.5, 0.6) is 0 Å². The Bertz CT molecular complexity index is 291. The standard InChI is InChI=1S/C12H21NO3S/c1-4-7-8-9-11(6-3)13(15)12(14)17(16)10-5-2/h5-6,11,15H,2-4,7-10H2,1H3. The van der Waals surface area contributed by atoms with Gasteiger partial charge in [-0.05, 0) is 6.42 Å². The number of hydrogen-bond acceptors (Lipinski definition) is 3. The Morgan fingerprint density at radius 3 is 2.59 bits per heavy atom. The lowest BCUT2D eigenvalue weighted by atomic mass is 10.1. The van der Waals surface area contributed by atoms with Crippen LogP contribution in [0, 0.1) is 0 Å². The normalized spacial score (nSPS) is 13.8. The number of carbonyl (C=O) groups excluding carboxylic acids is 1. The molecule has 0 saturated carbocycles. The molecule has 98 valence electrons. The second kappa shape index (κ2) is 9.13. The molecule has 0 aromatic heterocycles. The summed E-state index contributed by atoms with van der Waals surface area (Å²) in [6.45, 7) is 9.05. The first-order valence-electron chi connectivity index (χ1n) is 5.72. The zero-order valence-electron chi connectivity index (χ0n) is 10.3. The number of amides is 1. The molecule has 5 heteroatoms. The monoisotopic (exact) mass is 259 g/mol. The summed E-state index contributed by atoms with van der Waals surface area (Å²) in [6, 6.07) is -0.470. The summed E-state index contributed by atoms with van der Waals surface area (Å²) in [5, 5.41) is 9.40. The van der Waals surface area contributed by atoms with Crippen molar-refractivity contribution in [2.75, 3.05) is 5.75 Å². The van der Waals surface area contributed by atoms with Gasteiger partial charge in [0, 0.05) is 0 Å². The molecule has 2 atom stereocenters. The summed E-state index contributed by atoms with van der Waals surface area (Å²) in [7, 11) is -1.75. The molecule has 0 aliphatic heterocycles. The van der Waals surface area contributed by atoms with Gasteiger partial charge >= 0.3 is 5.24 Å². The molecule has 17 heavy (non-hydrogen) atoms. The van der Waals surface area contributed by atoms with Crippen molar-refractivity contribution in [1.29, 1.82) is 0 Å². The maximum Gasteiger partial charge on any atom is 0.336 e. The molecule has 0 aromatic carbocycles.